The summed E-state index contributed by atoms with van der Waals surface area (Å²) in [5.41, 5.74) is -5.87. The molecule has 1 aliphatic rings. The van der Waals surface area contributed by atoms with Gasteiger partial charge >= 0.3 is 29.7 Å². The van der Waals surface area contributed by atoms with Gasteiger partial charge in [0.25, 0.3) is 6.17 Å². The molecule has 0 aromatic heterocycles. The van der Waals surface area contributed by atoms with E-state index in [1.165, 1.54) is 0 Å². The third-order valence-corrected chi connectivity index (χ3v) is 1.85. The molecule has 0 bridgehead atoms. The van der Waals surface area contributed by atoms with Crippen molar-refractivity contribution in [3.05, 3.63) is 0 Å². The number of hydrogen-bond acceptors (Lipinski definition) is 3. The lowest BCUT2D eigenvalue weighted by atomic mass is 9.91. The van der Waals surface area contributed by atoms with E-state index in [4.69, 9.17) is 0 Å². The van der Waals surface area contributed by atoms with Crippen LogP contribution in [-0.2, 0) is 14.3 Å². The SMILES string of the molecule is O=C1OC(=O)C(F)(C(F)(F)F)C(F)(F)C1F. The van der Waals surface area contributed by atoms with Gasteiger partial charge in [-0.1, -0.05) is 0 Å². The monoisotopic (exact) mass is 254 g/mol. The van der Waals surface area contributed by atoms with E-state index in [-0.39, 0.29) is 0 Å². The van der Waals surface area contributed by atoms with E-state index in [0.717, 1.165) is 0 Å². The minimum absolute atomic E-state index is 2.56. The molecule has 2 unspecified atom stereocenters. The van der Waals surface area contributed by atoms with Gasteiger partial charge in [-0.3, -0.25) is 0 Å². The molecular formula is C6HF7O3. The van der Waals surface area contributed by atoms with Crippen LogP contribution in [0.3, 0.4) is 0 Å². The van der Waals surface area contributed by atoms with Crippen LogP contribution in [0.1, 0.15) is 0 Å². The highest BCUT2D eigenvalue weighted by atomic mass is 19.4. The van der Waals surface area contributed by atoms with Gasteiger partial charge in [-0.05, 0) is 0 Å². The number of alkyl halides is 7. The summed E-state index contributed by atoms with van der Waals surface area (Å²) in [6, 6.07) is 0. The number of rotatable bonds is 0. The van der Waals surface area contributed by atoms with Crippen LogP contribution in [-0.4, -0.2) is 35.9 Å². The molecule has 1 fully saturated rings. The lowest BCUT2D eigenvalue weighted by Crippen LogP contribution is -2.69. The average Bonchev–Trinajstić information content (AvgIpc) is 2.10. The Hall–Kier alpha value is -1.35. The number of carbonyl (C=O) groups excluding carboxylic acids is 2. The number of ether oxygens (including phenoxy) is 1. The molecule has 1 aliphatic heterocycles. The van der Waals surface area contributed by atoms with Gasteiger partial charge in [-0.2, -0.15) is 22.0 Å². The van der Waals surface area contributed by atoms with Gasteiger partial charge in [-0.15, -0.1) is 0 Å². The molecule has 16 heavy (non-hydrogen) atoms. The molecule has 0 N–H and O–H groups in total. The lowest BCUT2D eigenvalue weighted by Gasteiger charge is -2.36. The maximum absolute atomic E-state index is 12.9. The minimum Gasteiger partial charge on any atom is -0.388 e. The Kier molecular flexibility index (Phi) is 2.44. The Balaban J connectivity index is 3.37. The van der Waals surface area contributed by atoms with E-state index in [9.17, 15) is 40.3 Å². The molecule has 0 aliphatic carbocycles. The molecule has 0 saturated carbocycles. The van der Waals surface area contributed by atoms with Gasteiger partial charge < -0.3 is 4.74 Å². The third-order valence-electron chi connectivity index (χ3n) is 1.85. The first-order valence-corrected chi connectivity index (χ1v) is 3.50. The molecule has 2 atom stereocenters. The molecule has 92 valence electrons. The van der Waals surface area contributed by atoms with Crippen LogP contribution < -0.4 is 0 Å². The highest BCUT2D eigenvalue weighted by molar-refractivity contribution is 5.98. The van der Waals surface area contributed by atoms with Gasteiger partial charge in [0, 0.05) is 0 Å². The number of esters is 2. The Morgan fingerprint density at radius 1 is 1.12 bits per heavy atom. The fourth-order valence-corrected chi connectivity index (χ4v) is 0.977. The summed E-state index contributed by atoms with van der Waals surface area (Å²) in [6.45, 7) is 0. The average molecular weight is 254 g/mol. The van der Waals surface area contributed by atoms with Crippen LogP contribution in [0, 0.1) is 0 Å². The Morgan fingerprint density at radius 3 is 1.94 bits per heavy atom. The van der Waals surface area contributed by atoms with Gasteiger partial charge in [0.2, 0.25) is 0 Å². The Morgan fingerprint density at radius 2 is 1.56 bits per heavy atom. The van der Waals surface area contributed by atoms with Crippen LogP contribution in [0.25, 0.3) is 0 Å². The molecule has 0 spiro atoms. The summed E-state index contributed by atoms with van der Waals surface area (Å²) >= 11 is 0. The van der Waals surface area contributed by atoms with Gasteiger partial charge in [0.1, 0.15) is 0 Å². The smallest absolute Gasteiger partial charge is 0.388 e. The third kappa shape index (κ3) is 1.28. The summed E-state index contributed by atoms with van der Waals surface area (Å²) in [4.78, 5) is 20.6. The minimum atomic E-state index is -6.40. The van der Waals surface area contributed by atoms with E-state index < -0.39 is 35.9 Å². The van der Waals surface area contributed by atoms with Gasteiger partial charge in [-0.25, -0.2) is 18.4 Å². The van der Waals surface area contributed by atoms with Crippen LogP contribution in [0.15, 0.2) is 0 Å². The summed E-state index contributed by atoms with van der Waals surface area (Å²) in [6.07, 6.45) is -10.6. The molecule has 10 heteroatoms. The second-order valence-electron chi connectivity index (χ2n) is 2.85. The summed E-state index contributed by atoms with van der Waals surface area (Å²) < 4.78 is 89.4. The van der Waals surface area contributed by atoms with Crippen LogP contribution >= 0.6 is 0 Å². The van der Waals surface area contributed by atoms with E-state index in [1.54, 1.807) is 0 Å². The number of carbonyl (C=O) groups is 2. The zero-order valence-corrected chi connectivity index (χ0v) is 6.95. The van der Waals surface area contributed by atoms with Crippen molar-refractivity contribution in [1.29, 1.82) is 0 Å². The fraction of sp³-hybridized carbons (Fsp3) is 0.667. The van der Waals surface area contributed by atoms with E-state index in [1.807, 2.05) is 0 Å². The molecule has 1 rings (SSSR count). The summed E-state index contributed by atoms with van der Waals surface area (Å²) in [7, 11) is 0. The van der Waals surface area contributed by atoms with Crippen molar-refractivity contribution in [2.75, 3.05) is 0 Å². The summed E-state index contributed by atoms with van der Waals surface area (Å²) in [5.74, 6) is -11.6. The van der Waals surface area contributed by atoms with E-state index in [2.05, 4.69) is 4.74 Å². The molecule has 0 aromatic carbocycles. The Bertz CT molecular complexity index is 349. The van der Waals surface area contributed by atoms with E-state index in [0.29, 0.717) is 0 Å². The van der Waals surface area contributed by atoms with Crippen LogP contribution in [0.5, 0.6) is 0 Å². The van der Waals surface area contributed by atoms with Gasteiger partial charge in [0.15, 0.2) is 0 Å². The van der Waals surface area contributed by atoms with Crippen molar-refractivity contribution in [2.24, 2.45) is 0 Å². The quantitative estimate of drug-likeness (QED) is 0.372. The van der Waals surface area contributed by atoms with Crippen molar-refractivity contribution >= 4 is 11.9 Å². The van der Waals surface area contributed by atoms with Crippen molar-refractivity contribution in [1.82, 2.24) is 0 Å². The number of cyclic esters (lactones) is 2. The van der Waals surface area contributed by atoms with Crippen LogP contribution in [0.4, 0.5) is 30.7 Å². The zero-order chi connectivity index (χ0) is 12.9. The summed E-state index contributed by atoms with van der Waals surface area (Å²) in [5, 5.41) is 0. The van der Waals surface area contributed by atoms with Crippen LogP contribution in [0.2, 0.25) is 0 Å². The van der Waals surface area contributed by atoms with E-state index >= 15 is 0 Å². The second-order valence-corrected chi connectivity index (χ2v) is 2.85. The zero-order valence-electron chi connectivity index (χ0n) is 6.95. The molecule has 1 heterocycles. The number of hydrogen-bond donors (Lipinski definition) is 0. The normalized spacial score (nSPS) is 34.8. The maximum Gasteiger partial charge on any atom is 0.439 e. The first-order valence-electron chi connectivity index (χ1n) is 3.50. The lowest BCUT2D eigenvalue weighted by molar-refractivity contribution is -0.316. The highest BCUT2D eigenvalue weighted by Gasteiger charge is 2.83. The standard InChI is InChI=1S/C6HF7O3/c7-1-2(14)16-3(15)4(8,5(1,9)10)6(11,12)13/h1H. The molecule has 0 aromatic rings. The predicted octanol–water partition coefficient (Wildman–Crippen LogP) is 1.31. The van der Waals surface area contributed by atoms with Crippen molar-refractivity contribution < 1.29 is 45.1 Å². The molecular weight excluding hydrogens is 253 g/mol. The van der Waals surface area contributed by atoms with Crippen molar-refractivity contribution in [3.8, 4) is 0 Å². The molecule has 0 radical (unpaired) electrons. The second kappa shape index (κ2) is 3.08. The number of halogens is 7. The van der Waals surface area contributed by atoms with Gasteiger partial charge in [0.05, 0.1) is 0 Å². The largest absolute Gasteiger partial charge is 0.439 e. The molecule has 0 amide bonds. The Labute approximate surface area is 82.2 Å². The highest BCUT2D eigenvalue weighted by Crippen LogP contribution is 2.50. The fourth-order valence-electron chi connectivity index (χ4n) is 0.977. The van der Waals surface area contributed by atoms with Crippen molar-refractivity contribution in [3.63, 3.8) is 0 Å². The van der Waals surface area contributed by atoms with Crippen molar-refractivity contribution in [2.45, 2.75) is 23.9 Å². The predicted molar refractivity (Wildman–Crippen MR) is 30.8 cm³/mol. The first kappa shape index (κ1) is 12.7. The topological polar surface area (TPSA) is 43.4 Å². The maximum atomic E-state index is 12.9. The molecule has 1 saturated heterocycles. The first-order chi connectivity index (χ1) is 6.96. The molecule has 3 nitrogen and oxygen atoms in total.